The van der Waals surface area contributed by atoms with Crippen molar-refractivity contribution in [2.45, 2.75) is 19.9 Å². The highest BCUT2D eigenvalue weighted by molar-refractivity contribution is 5.80. The fourth-order valence-electron chi connectivity index (χ4n) is 1.88. The molecule has 17 heavy (non-hydrogen) atoms. The van der Waals surface area contributed by atoms with Gasteiger partial charge in [-0.2, -0.15) is 0 Å². The van der Waals surface area contributed by atoms with Crippen LogP contribution in [-0.4, -0.2) is 26.2 Å². The Balaban J connectivity index is 1.98. The van der Waals surface area contributed by atoms with E-state index >= 15 is 0 Å². The molecule has 0 bridgehead atoms. The second-order valence-corrected chi connectivity index (χ2v) is 4.22. The first-order valence-corrected chi connectivity index (χ1v) is 5.94. The Labute approximate surface area is 102 Å². The minimum atomic E-state index is 0.768. The van der Waals surface area contributed by atoms with Crippen LogP contribution < -0.4 is 15.4 Å². The molecule has 0 spiro atoms. The van der Waals surface area contributed by atoms with E-state index < -0.39 is 0 Å². The van der Waals surface area contributed by atoms with Crippen LogP contribution in [-0.2, 0) is 6.54 Å². The molecule has 0 radical (unpaired) electrons. The number of hydrogen-bond donors (Lipinski definition) is 2. The van der Waals surface area contributed by atoms with E-state index in [2.05, 4.69) is 28.6 Å². The average Bonchev–Trinajstić information content (AvgIpc) is 2.37. The first-order valence-electron chi connectivity index (χ1n) is 5.94. The van der Waals surface area contributed by atoms with Crippen LogP contribution >= 0.6 is 0 Å². The summed E-state index contributed by atoms with van der Waals surface area (Å²) < 4.78 is 5.25. The van der Waals surface area contributed by atoms with E-state index in [1.165, 1.54) is 11.1 Å². The molecule has 1 heterocycles. The number of hydrogen-bond acceptors (Lipinski definition) is 4. The second-order valence-electron chi connectivity index (χ2n) is 4.22. The van der Waals surface area contributed by atoms with Crippen molar-refractivity contribution in [3.8, 4) is 5.75 Å². The van der Waals surface area contributed by atoms with Crippen molar-refractivity contribution >= 4 is 5.96 Å². The van der Waals surface area contributed by atoms with Crippen LogP contribution in [0.25, 0.3) is 0 Å². The molecular weight excluding hydrogens is 214 g/mol. The number of aryl methyl sites for hydroxylation is 1. The molecule has 1 aliphatic rings. The molecule has 1 aliphatic heterocycles. The summed E-state index contributed by atoms with van der Waals surface area (Å²) in [6, 6.07) is 6.22. The standard InChI is InChI=1S/C13H19N3O/c1-10-6-11(8-12(7-10)17-2)9-16-13-14-4-3-5-15-13/h6-8H,3-5,9H2,1-2H3,(H2,14,15,16). The monoisotopic (exact) mass is 233 g/mol. The third-order valence-electron chi connectivity index (χ3n) is 2.70. The van der Waals surface area contributed by atoms with E-state index in [9.17, 15) is 0 Å². The van der Waals surface area contributed by atoms with Gasteiger partial charge in [-0.3, -0.25) is 4.99 Å². The maximum Gasteiger partial charge on any atom is 0.191 e. The lowest BCUT2D eigenvalue weighted by Crippen LogP contribution is -2.40. The summed E-state index contributed by atoms with van der Waals surface area (Å²) in [5.74, 6) is 1.80. The first-order chi connectivity index (χ1) is 8.28. The Morgan fingerprint density at radius 1 is 1.41 bits per heavy atom. The zero-order valence-electron chi connectivity index (χ0n) is 10.4. The smallest absolute Gasteiger partial charge is 0.191 e. The predicted octanol–water partition coefficient (Wildman–Crippen LogP) is 1.44. The van der Waals surface area contributed by atoms with Gasteiger partial charge in [0, 0.05) is 19.6 Å². The molecule has 0 unspecified atom stereocenters. The number of methoxy groups -OCH3 is 1. The molecule has 0 fully saturated rings. The number of nitrogens with one attached hydrogen (secondary N) is 2. The lowest BCUT2D eigenvalue weighted by atomic mass is 10.1. The van der Waals surface area contributed by atoms with E-state index in [1.54, 1.807) is 7.11 Å². The van der Waals surface area contributed by atoms with Gasteiger partial charge < -0.3 is 15.4 Å². The first kappa shape index (κ1) is 11.8. The fraction of sp³-hybridized carbons (Fsp3) is 0.462. The largest absolute Gasteiger partial charge is 0.497 e. The Morgan fingerprint density at radius 2 is 2.29 bits per heavy atom. The maximum atomic E-state index is 5.25. The van der Waals surface area contributed by atoms with Gasteiger partial charge in [0.15, 0.2) is 5.96 Å². The van der Waals surface area contributed by atoms with Gasteiger partial charge in [-0.25, -0.2) is 0 Å². The van der Waals surface area contributed by atoms with Crippen molar-refractivity contribution in [2.75, 3.05) is 20.2 Å². The molecule has 1 aromatic carbocycles. The average molecular weight is 233 g/mol. The van der Waals surface area contributed by atoms with Gasteiger partial charge in [0.2, 0.25) is 0 Å². The van der Waals surface area contributed by atoms with Crippen molar-refractivity contribution in [3.05, 3.63) is 29.3 Å². The molecule has 1 aromatic rings. The van der Waals surface area contributed by atoms with Crippen LogP contribution in [0.1, 0.15) is 17.5 Å². The van der Waals surface area contributed by atoms with Gasteiger partial charge in [-0.1, -0.05) is 6.07 Å². The maximum absolute atomic E-state index is 5.25. The molecule has 92 valence electrons. The third-order valence-corrected chi connectivity index (χ3v) is 2.70. The number of ether oxygens (including phenoxy) is 1. The van der Waals surface area contributed by atoms with Crippen molar-refractivity contribution in [2.24, 2.45) is 4.99 Å². The van der Waals surface area contributed by atoms with E-state index in [1.807, 2.05) is 12.1 Å². The summed E-state index contributed by atoms with van der Waals surface area (Å²) in [5.41, 5.74) is 2.41. The summed E-state index contributed by atoms with van der Waals surface area (Å²) in [6.45, 7) is 4.75. The van der Waals surface area contributed by atoms with Crippen LogP contribution in [0.2, 0.25) is 0 Å². The SMILES string of the molecule is COc1cc(C)cc(CNC2=NCCCN2)c1. The molecule has 0 amide bonds. The summed E-state index contributed by atoms with van der Waals surface area (Å²) in [7, 11) is 1.69. The number of guanidine groups is 1. The zero-order valence-corrected chi connectivity index (χ0v) is 10.4. The molecule has 2 N–H and O–H groups in total. The normalized spacial score (nSPS) is 14.8. The van der Waals surface area contributed by atoms with Gasteiger partial charge >= 0.3 is 0 Å². The van der Waals surface area contributed by atoms with Crippen molar-refractivity contribution in [1.29, 1.82) is 0 Å². The topological polar surface area (TPSA) is 45.6 Å². The molecule has 4 nitrogen and oxygen atoms in total. The predicted molar refractivity (Wildman–Crippen MR) is 69.5 cm³/mol. The van der Waals surface area contributed by atoms with Crippen LogP contribution in [0.3, 0.4) is 0 Å². The third kappa shape index (κ3) is 3.37. The van der Waals surface area contributed by atoms with E-state index in [4.69, 9.17) is 4.74 Å². The lowest BCUT2D eigenvalue weighted by molar-refractivity contribution is 0.414. The Hall–Kier alpha value is -1.71. The Kier molecular flexibility index (Phi) is 3.85. The second kappa shape index (κ2) is 5.57. The van der Waals surface area contributed by atoms with E-state index in [0.717, 1.165) is 37.8 Å². The minimum Gasteiger partial charge on any atom is -0.497 e. The van der Waals surface area contributed by atoms with Crippen molar-refractivity contribution < 1.29 is 4.74 Å². The highest BCUT2D eigenvalue weighted by Gasteiger charge is 2.04. The summed E-state index contributed by atoms with van der Waals surface area (Å²) in [4.78, 5) is 4.37. The summed E-state index contributed by atoms with van der Waals surface area (Å²) in [6.07, 6.45) is 1.11. The molecule has 0 saturated heterocycles. The highest BCUT2D eigenvalue weighted by Crippen LogP contribution is 2.16. The number of nitrogens with zero attached hydrogens (tertiary/aromatic N) is 1. The molecule has 0 saturated carbocycles. The minimum absolute atomic E-state index is 0.768. The summed E-state index contributed by atoms with van der Waals surface area (Å²) >= 11 is 0. The zero-order chi connectivity index (χ0) is 12.1. The van der Waals surface area contributed by atoms with Crippen LogP contribution in [0.15, 0.2) is 23.2 Å². The lowest BCUT2D eigenvalue weighted by Gasteiger charge is -2.16. The van der Waals surface area contributed by atoms with Gasteiger partial charge in [-0.05, 0) is 36.6 Å². The van der Waals surface area contributed by atoms with E-state index in [0.29, 0.717) is 0 Å². The summed E-state index contributed by atoms with van der Waals surface area (Å²) in [5, 5.41) is 6.54. The number of rotatable bonds is 3. The Bertz CT molecular complexity index is 415. The van der Waals surface area contributed by atoms with Crippen LogP contribution in [0.4, 0.5) is 0 Å². The highest BCUT2D eigenvalue weighted by atomic mass is 16.5. The number of aliphatic imine (C=N–C) groups is 1. The Morgan fingerprint density at radius 3 is 3.00 bits per heavy atom. The van der Waals surface area contributed by atoms with Gasteiger partial charge in [-0.15, -0.1) is 0 Å². The van der Waals surface area contributed by atoms with Crippen LogP contribution in [0, 0.1) is 6.92 Å². The van der Waals surface area contributed by atoms with Crippen molar-refractivity contribution in [3.63, 3.8) is 0 Å². The number of benzene rings is 1. The van der Waals surface area contributed by atoms with Gasteiger partial charge in [0.05, 0.1) is 7.11 Å². The molecule has 0 aliphatic carbocycles. The molecule has 4 heteroatoms. The van der Waals surface area contributed by atoms with Crippen molar-refractivity contribution in [1.82, 2.24) is 10.6 Å². The molecular formula is C13H19N3O. The molecule has 0 atom stereocenters. The van der Waals surface area contributed by atoms with Gasteiger partial charge in [0.1, 0.15) is 5.75 Å². The fourth-order valence-corrected chi connectivity index (χ4v) is 1.88. The quantitative estimate of drug-likeness (QED) is 0.830. The van der Waals surface area contributed by atoms with Gasteiger partial charge in [0.25, 0.3) is 0 Å². The van der Waals surface area contributed by atoms with Crippen LogP contribution in [0.5, 0.6) is 5.75 Å². The van der Waals surface area contributed by atoms with E-state index in [-0.39, 0.29) is 0 Å². The molecule has 0 aromatic heterocycles. The molecule has 2 rings (SSSR count).